The molecule has 1 N–H and O–H groups in total. The number of amides is 1. The number of carbonyl (C=O) groups excluding carboxylic acids is 1. The predicted molar refractivity (Wildman–Crippen MR) is 100 cm³/mol. The summed E-state index contributed by atoms with van der Waals surface area (Å²) >= 11 is 0. The molecule has 2 aromatic heterocycles. The van der Waals surface area contributed by atoms with Crippen LogP contribution in [0.2, 0.25) is 0 Å². The first-order valence-electron chi connectivity index (χ1n) is 8.95. The van der Waals surface area contributed by atoms with Gasteiger partial charge in [0, 0.05) is 27.1 Å². The Morgan fingerprint density at radius 2 is 2.00 bits per heavy atom. The molecular weight excluding hydrogens is 346 g/mol. The molecule has 1 atom stereocenters. The van der Waals surface area contributed by atoms with E-state index in [1.54, 1.807) is 11.6 Å². The monoisotopic (exact) mass is 367 g/mol. The van der Waals surface area contributed by atoms with Crippen LogP contribution < -0.4 is 16.6 Å². The van der Waals surface area contributed by atoms with E-state index in [1.165, 1.54) is 29.1 Å². The van der Waals surface area contributed by atoms with Gasteiger partial charge in [0.1, 0.15) is 0 Å². The van der Waals surface area contributed by atoms with E-state index in [0.717, 1.165) is 17.4 Å². The summed E-state index contributed by atoms with van der Waals surface area (Å²) in [5.74, 6) is -0.0693. The first kappa shape index (κ1) is 17.3. The maximum Gasteiger partial charge on any atom is 0.332 e. The molecule has 0 radical (unpaired) electrons. The summed E-state index contributed by atoms with van der Waals surface area (Å²) in [6.45, 7) is 0.324. The number of carbonyl (C=O) groups is 1. The van der Waals surface area contributed by atoms with Gasteiger partial charge in [-0.1, -0.05) is 24.3 Å². The van der Waals surface area contributed by atoms with Crippen molar-refractivity contribution < 1.29 is 4.79 Å². The molecule has 8 nitrogen and oxygen atoms in total. The third kappa shape index (κ3) is 2.87. The molecule has 0 saturated carbocycles. The second-order valence-electron chi connectivity index (χ2n) is 6.92. The largest absolute Gasteiger partial charge is 0.349 e. The topological polar surface area (TPSA) is 90.9 Å². The number of aryl methyl sites for hydroxylation is 3. The molecule has 0 aliphatic heterocycles. The Morgan fingerprint density at radius 1 is 1.22 bits per heavy atom. The average Bonchev–Trinajstić information content (AvgIpc) is 3.28. The van der Waals surface area contributed by atoms with E-state index in [-0.39, 0.29) is 18.4 Å². The molecule has 1 aromatic carbocycles. The van der Waals surface area contributed by atoms with E-state index in [2.05, 4.69) is 22.4 Å². The first-order chi connectivity index (χ1) is 13.0. The SMILES string of the molecule is Cn1c(=O)c2c(ncn2CCC(=O)N[C@H]2CCc3ccccc32)n(C)c1=O. The zero-order valence-electron chi connectivity index (χ0n) is 15.3. The lowest BCUT2D eigenvalue weighted by atomic mass is 10.1. The van der Waals surface area contributed by atoms with Gasteiger partial charge in [-0.15, -0.1) is 0 Å². The number of hydrogen-bond donors (Lipinski definition) is 1. The van der Waals surface area contributed by atoms with Crippen molar-refractivity contribution in [3.63, 3.8) is 0 Å². The maximum absolute atomic E-state index is 12.4. The van der Waals surface area contributed by atoms with Gasteiger partial charge in [0.05, 0.1) is 12.4 Å². The maximum atomic E-state index is 12.4. The minimum atomic E-state index is -0.421. The lowest BCUT2D eigenvalue weighted by molar-refractivity contribution is -0.122. The highest BCUT2D eigenvalue weighted by Crippen LogP contribution is 2.30. The number of fused-ring (bicyclic) bond motifs is 2. The van der Waals surface area contributed by atoms with Crippen molar-refractivity contribution >= 4 is 17.1 Å². The molecule has 140 valence electrons. The van der Waals surface area contributed by atoms with E-state index >= 15 is 0 Å². The molecule has 3 aromatic rings. The Labute approximate surface area is 155 Å². The Balaban J connectivity index is 1.51. The molecule has 0 unspecified atom stereocenters. The molecule has 8 heteroatoms. The van der Waals surface area contributed by atoms with Gasteiger partial charge in [0.2, 0.25) is 5.91 Å². The van der Waals surface area contributed by atoms with E-state index < -0.39 is 11.2 Å². The fraction of sp³-hybridized carbons (Fsp3) is 0.368. The van der Waals surface area contributed by atoms with Crippen LogP contribution in [0.3, 0.4) is 0 Å². The minimum Gasteiger partial charge on any atom is -0.349 e. The van der Waals surface area contributed by atoms with Gasteiger partial charge in [0.25, 0.3) is 5.56 Å². The van der Waals surface area contributed by atoms with Crippen molar-refractivity contribution in [3.05, 3.63) is 62.6 Å². The lowest BCUT2D eigenvalue weighted by Gasteiger charge is -2.14. The average molecular weight is 367 g/mol. The number of hydrogen-bond acceptors (Lipinski definition) is 4. The summed E-state index contributed by atoms with van der Waals surface area (Å²) in [6.07, 6.45) is 3.61. The van der Waals surface area contributed by atoms with Crippen LogP contribution in [0.1, 0.15) is 30.0 Å². The van der Waals surface area contributed by atoms with E-state index in [1.807, 2.05) is 12.1 Å². The molecule has 27 heavy (non-hydrogen) atoms. The van der Waals surface area contributed by atoms with E-state index in [4.69, 9.17) is 0 Å². The standard InChI is InChI=1S/C19H21N5O3/c1-22-17-16(18(26)23(2)19(22)27)24(11-20-17)10-9-15(25)21-14-8-7-12-5-3-4-6-13(12)14/h3-6,11,14H,7-10H2,1-2H3,(H,21,25)/t14-/m0/s1. The van der Waals surface area contributed by atoms with Crippen LogP contribution >= 0.6 is 0 Å². The normalized spacial score (nSPS) is 15.9. The number of rotatable bonds is 4. The molecule has 1 amide bonds. The highest BCUT2D eigenvalue weighted by molar-refractivity contribution is 5.77. The van der Waals surface area contributed by atoms with Gasteiger partial charge in [-0.05, 0) is 24.0 Å². The summed E-state index contributed by atoms with van der Waals surface area (Å²) in [5, 5.41) is 3.08. The van der Waals surface area contributed by atoms with Crippen molar-refractivity contribution in [2.75, 3.05) is 0 Å². The zero-order valence-corrected chi connectivity index (χ0v) is 15.3. The summed E-state index contributed by atoms with van der Waals surface area (Å²) < 4.78 is 4.03. The minimum absolute atomic E-state index is 0.0434. The Kier molecular flexibility index (Phi) is 4.18. The predicted octanol–water partition coefficient (Wildman–Crippen LogP) is 0.627. The Bertz CT molecular complexity index is 1150. The van der Waals surface area contributed by atoms with Crippen LogP contribution in [0.4, 0.5) is 0 Å². The summed E-state index contributed by atoms with van der Waals surface area (Å²) in [7, 11) is 3.01. The third-order valence-electron chi connectivity index (χ3n) is 5.27. The van der Waals surface area contributed by atoms with Crippen LogP contribution in [0, 0.1) is 0 Å². The highest BCUT2D eigenvalue weighted by atomic mass is 16.2. The fourth-order valence-corrected chi connectivity index (χ4v) is 3.76. The number of nitrogens with zero attached hydrogens (tertiary/aromatic N) is 4. The number of nitrogens with one attached hydrogen (secondary N) is 1. The van der Waals surface area contributed by atoms with E-state index in [9.17, 15) is 14.4 Å². The molecule has 0 saturated heterocycles. The van der Waals surface area contributed by atoms with Gasteiger partial charge in [-0.3, -0.25) is 18.7 Å². The van der Waals surface area contributed by atoms with Crippen molar-refractivity contribution in [1.29, 1.82) is 0 Å². The summed E-state index contributed by atoms with van der Waals surface area (Å²) in [4.78, 5) is 41.0. The summed E-state index contributed by atoms with van der Waals surface area (Å²) in [6, 6.07) is 8.20. The van der Waals surface area contributed by atoms with Gasteiger partial charge in [-0.2, -0.15) is 0 Å². The van der Waals surface area contributed by atoms with Crippen molar-refractivity contribution in [2.45, 2.75) is 31.8 Å². The highest BCUT2D eigenvalue weighted by Gasteiger charge is 2.23. The number of benzene rings is 1. The van der Waals surface area contributed by atoms with Gasteiger partial charge in [-0.25, -0.2) is 9.78 Å². The molecule has 0 spiro atoms. The van der Waals surface area contributed by atoms with Gasteiger partial charge >= 0.3 is 5.69 Å². The van der Waals surface area contributed by atoms with Gasteiger partial charge < -0.3 is 9.88 Å². The number of aromatic nitrogens is 4. The van der Waals surface area contributed by atoms with Crippen LogP contribution in [0.5, 0.6) is 0 Å². The lowest BCUT2D eigenvalue weighted by Crippen LogP contribution is -2.37. The van der Waals surface area contributed by atoms with Crippen LogP contribution in [-0.4, -0.2) is 24.6 Å². The zero-order chi connectivity index (χ0) is 19.1. The Morgan fingerprint density at radius 3 is 2.81 bits per heavy atom. The smallest absolute Gasteiger partial charge is 0.332 e. The van der Waals surface area contributed by atoms with Crippen LogP contribution in [-0.2, 0) is 31.9 Å². The Hall–Kier alpha value is -3.16. The van der Waals surface area contributed by atoms with Crippen molar-refractivity contribution in [3.8, 4) is 0 Å². The van der Waals surface area contributed by atoms with Crippen LogP contribution in [0.15, 0.2) is 40.2 Å². The quantitative estimate of drug-likeness (QED) is 0.732. The second-order valence-corrected chi connectivity index (χ2v) is 6.92. The van der Waals surface area contributed by atoms with Crippen molar-refractivity contribution in [1.82, 2.24) is 24.0 Å². The van der Waals surface area contributed by atoms with E-state index in [0.29, 0.717) is 17.7 Å². The van der Waals surface area contributed by atoms with Gasteiger partial charge in [0.15, 0.2) is 11.2 Å². The van der Waals surface area contributed by atoms with Crippen molar-refractivity contribution in [2.24, 2.45) is 14.1 Å². The molecule has 0 fully saturated rings. The fourth-order valence-electron chi connectivity index (χ4n) is 3.76. The molecule has 1 aliphatic rings. The summed E-state index contributed by atoms with van der Waals surface area (Å²) in [5.41, 5.74) is 2.30. The van der Waals surface area contributed by atoms with Crippen LogP contribution in [0.25, 0.3) is 11.2 Å². The molecular formula is C19H21N5O3. The second kappa shape index (κ2) is 6.53. The molecule has 2 heterocycles. The third-order valence-corrected chi connectivity index (χ3v) is 5.27. The molecule has 4 rings (SSSR count). The molecule has 0 bridgehead atoms. The number of imidazole rings is 1. The first-order valence-corrected chi connectivity index (χ1v) is 8.95. The molecule has 1 aliphatic carbocycles.